The predicted octanol–water partition coefficient (Wildman–Crippen LogP) is 16.6. The van der Waals surface area contributed by atoms with Gasteiger partial charge < -0.3 is 13.7 Å². The van der Waals surface area contributed by atoms with Crippen molar-refractivity contribution < 1.29 is 8.83 Å². The summed E-state index contributed by atoms with van der Waals surface area (Å²) in [4.78, 5) is 2.40. The van der Waals surface area contributed by atoms with E-state index in [-0.39, 0.29) is 0 Å². The molecule has 0 aliphatic heterocycles. The van der Waals surface area contributed by atoms with Gasteiger partial charge in [-0.3, -0.25) is 0 Å². The number of rotatable bonds is 4. The van der Waals surface area contributed by atoms with Crippen LogP contribution in [0.4, 0.5) is 17.1 Å². The van der Waals surface area contributed by atoms with E-state index in [0.717, 1.165) is 60.9 Å². The number of fused-ring (bicyclic) bond motifs is 19. The van der Waals surface area contributed by atoms with Crippen LogP contribution in [0.5, 0.6) is 0 Å². The Morgan fingerprint density at radius 2 is 0.812 bits per heavy atom. The maximum Gasteiger partial charge on any atom is 0.143 e. The molecule has 1 atom stereocenters. The molecule has 14 rings (SSSR count). The lowest BCUT2D eigenvalue weighted by atomic mass is 9.66. The molecule has 2 heterocycles. The normalized spacial score (nSPS) is 14.6. The number of furan rings is 2. The highest BCUT2D eigenvalue weighted by Crippen LogP contribution is 2.63. The van der Waals surface area contributed by atoms with E-state index in [0.29, 0.717) is 0 Å². The van der Waals surface area contributed by atoms with Gasteiger partial charge in [-0.2, -0.15) is 0 Å². The third-order valence-corrected chi connectivity index (χ3v) is 13.9. The van der Waals surface area contributed by atoms with Crippen molar-refractivity contribution in [1.82, 2.24) is 0 Å². The van der Waals surface area contributed by atoms with Crippen LogP contribution in [0.25, 0.3) is 88.4 Å². The van der Waals surface area contributed by atoms with Crippen molar-refractivity contribution in [2.24, 2.45) is 0 Å². The Bertz CT molecular complexity index is 3860. The fourth-order valence-corrected chi connectivity index (χ4v) is 11.2. The maximum atomic E-state index is 6.88. The van der Waals surface area contributed by atoms with E-state index < -0.39 is 5.41 Å². The van der Waals surface area contributed by atoms with Gasteiger partial charge in [0.15, 0.2) is 0 Å². The Morgan fingerprint density at radius 3 is 1.59 bits per heavy atom. The molecule has 3 heteroatoms. The average molecular weight is 816 g/mol. The fourth-order valence-electron chi connectivity index (χ4n) is 11.2. The Morgan fingerprint density at radius 1 is 0.297 bits per heavy atom. The molecular weight excluding hydrogens is 779 g/mol. The minimum absolute atomic E-state index is 0.653. The van der Waals surface area contributed by atoms with Gasteiger partial charge in [-0.25, -0.2) is 0 Å². The minimum Gasteiger partial charge on any atom is -0.456 e. The molecule has 1 spiro atoms. The van der Waals surface area contributed by atoms with Crippen LogP contribution in [0.15, 0.2) is 233 Å². The van der Waals surface area contributed by atoms with Gasteiger partial charge in [0.2, 0.25) is 0 Å². The number of hydrogen-bond acceptors (Lipinski definition) is 3. The number of benzene rings is 10. The largest absolute Gasteiger partial charge is 0.456 e. The molecule has 0 N–H and O–H groups in total. The number of nitrogens with zero attached hydrogens (tertiary/aromatic N) is 1. The van der Waals surface area contributed by atoms with Crippen molar-refractivity contribution in [2.45, 2.75) is 5.41 Å². The van der Waals surface area contributed by atoms with Gasteiger partial charge in [0.1, 0.15) is 22.3 Å². The first-order valence-electron chi connectivity index (χ1n) is 22.0. The number of para-hydroxylation sites is 2. The maximum absolute atomic E-state index is 6.88. The van der Waals surface area contributed by atoms with Gasteiger partial charge in [-0.15, -0.1) is 0 Å². The third-order valence-electron chi connectivity index (χ3n) is 13.9. The highest BCUT2D eigenvalue weighted by atomic mass is 16.3. The topological polar surface area (TPSA) is 29.5 Å². The summed E-state index contributed by atoms with van der Waals surface area (Å²) >= 11 is 0. The molecule has 12 aromatic rings. The second kappa shape index (κ2) is 13.3. The summed E-state index contributed by atoms with van der Waals surface area (Å²) in [7, 11) is 0. The van der Waals surface area contributed by atoms with Crippen molar-refractivity contribution in [3.63, 3.8) is 0 Å². The molecular formula is C61H37NO2. The standard InChI is InChI=1S/C61H37NO2/c1-2-14-38(15-3-1)39-26-28-40(29-27-39)62(42-31-35-58-51(37-42)47-20-9-12-24-56(47)63-58)41-30-33-54-50(36-41)44-17-5-4-16-43(44)45-18-6-10-22-52(45)61(54)53-23-11-7-21-49(53)59-55(61)34-32-48-46-19-8-13-25-57(46)64-60(48)59/h1-37H. The third kappa shape index (κ3) is 4.81. The first-order chi connectivity index (χ1) is 31.7. The SMILES string of the molecule is c1ccc(-c2ccc(N(c3ccc4c(c3)-c3ccccc3-c3ccccc3C43c4ccccc4-c4c3ccc3c4oc4ccccc43)c3ccc4oc5ccccc5c4c3)cc2)cc1. The van der Waals surface area contributed by atoms with Gasteiger partial charge in [0.05, 0.1) is 5.41 Å². The van der Waals surface area contributed by atoms with Crippen molar-refractivity contribution in [3.05, 3.63) is 247 Å². The molecule has 1 unspecified atom stereocenters. The highest BCUT2D eigenvalue weighted by molar-refractivity contribution is 6.13. The summed E-state index contributed by atoms with van der Waals surface area (Å²) in [6, 6.07) is 81.8. The van der Waals surface area contributed by atoms with Crippen LogP contribution < -0.4 is 4.90 Å². The Labute approximate surface area is 369 Å². The quantitative estimate of drug-likeness (QED) is 0.177. The molecule has 0 saturated heterocycles. The van der Waals surface area contributed by atoms with E-state index in [4.69, 9.17) is 8.83 Å². The lowest BCUT2D eigenvalue weighted by Gasteiger charge is -2.36. The van der Waals surface area contributed by atoms with E-state index in [2.05, 4.69) is 217 Å². The summed E-state index contributed by atoms with van der Waals surface area (Å²) in [6.07, 6.45) is 0. The minimum atomic E-state index is -0.653. The average Bonchev–Trinajstić information content (AvgIpc) is 4.01. The molecule has 2 aromatic heterocycles. The van der Waals surface area contributed by atoms with Crippen LogP contribution in [-0.4, -0.2) is 0 Å². The van der Waals surface area contributed by atoms with Crippen LogP contribution in [0.1, 0.15) is 22.3 Å². The number of hydrogen-bond donors (Lipinski definition) is 0. The molecule has 0 radical (unpaired) electrons. The number of anilines is 3. The van der Waals surface area contributed by atoms with E-state index in [9.17, 15) is 0 Å². The molecule has 0 bridgehead atoms. The van der Waals surface area contributed by atoms with E-state index in [1.165, 1.54) is 66.8 Å². The summed E-state index contributed by atoms with van der Waals surface area (Å²) in [5.41, 5.74) is 20.7. The molecule has 298 valence electrons. The smallest absolute Gasteiger partial charge is 0.143 e. The zero-order valence-corrected chi connectivity index (χ0v) is 34.6. The van der Waals surface area contributed by atoms with Crippen LogP contribution in [-0.2, 0) is 5.41 Å². The van der Waals surface area contributed by atoms with Crippen LogP contribution >= 0.6 is 0 Å². The van der Waals surface area contributed by atoms with Gasteiger partial charge in [0.25, 0.3) is 0 Å². The van der Waals surface area contributed by atoms with E-state index in [1.54, 1.807) is 0 Å². The van der Waals surface area contributed by atoms with E-state index >= 15 is 0 Å². The van der Waals surface area contributed by atoms with Crippen molar-refractivity contribution in [2.75, 3.05) is 4.90 Å². The molecule has 3 nitrogen and oxygen atoms in total. The van der Waals surface area contributed by atoms with Gasteiger partial charge in [0, 0.05) is 44.2 Å². The summed E-state index contributed by atoms with van der Waals surface area (Å²) in [6.45, 7) is 0. The van der Waals surface area contributed by atoms with Crippen molar-refractivity contribution in [3.8, 4) is 44.5 Å². The molecule has 0 amide bonds. The van der Waals surface area contributed by atoms with Gasteiger partial charge in [-0.1, -0.05) is 170 Å². The molecule has 0 saturated carbocycles. The summed E-state index contributed by atoms with van der Waals surface area (Å²) in [5.74, 6) is 0. The Hall–Kier alpha value is -8.40. The summed E-state index contributed by atoms with van der Waals surface area (Å²) < 4.78 is 13.2. The molecule has 0 fully saturated rings. The van der Waals surface area contributed by atoms with Crippen LogP contribution in [0.2, 0.25) is 0 Å². The van der Waals surface area contributed by atoms with Gasteiger partial charge >= 0.3 is 0 Å². The molecule has 10 aromatic carbocycles. The predicted molar refractivity (Wildman–Crippen MR) is 263 cm³/mol. The fraction of sp³-hybridized carbons (Fsp3) is 0.0164. The molecule has 64 heavy (non-hydrogen) atoms. The first-order valence-corrected chi connectivity index (χ1v) is 22.0. The van der Waals surface area contributed by atoms with Crippen molar-refractivity contribution >= 4 is 60.9 Å². The zero-order chi connectivity index (χ0) is 41.9. The first kappa shape index (κ1) is 35.2. The highest BCUT2D eigenvalue weighted by Gasteiger charge is 2.50. The zero-order valence-electron chi connectivity index (χ0n) is 34.6. The molecule has 2 aliphatic carbocycles. The second-order valence-corrected chi connectivity index (χ2v) is 17.1. The van der Waals surface area contributed by atoms with Crippen LogP contribution in [0.3, 0.4) is 0 Å². The Balaban J connectivity index is 1.06. The lowest BCUT2D eigenvalue weighted by molar-refractivity contribution is 0.668. The van der Waals surface area contributed by atoms with Gasteiger partial charge in [-0.05, 0) is 116 Å². The van der Waals surface area contributed by atoms with Crippen molar-refractivity contribution in [1.29, 1.82) is 0 Å². The van der Waals surface area contributed by atoms with E-state index in [1.807, 2.05) is 12.1 Å². The lowest BCUT2D eigenvalue weighted by Crippen LogP contribution is -2.29. The Kier molecular flexibility index (Phi) is 7.32. The van der Waals surface area contributed by atoms with Crippen LogP contribution in [0, 0.1) is 0 Å². The monoisotopic (exact) mass is 815 g/mol. The second-order valence-electron chi connectivity index (χ2n) is 17.1. The molecule has 2 aliphatic rings. The summed E-state index contributed by atoms with van der Waals surface area (Å²) in [5, 5.41) is 4.46.